The Bertz CT molecular complexity index is 423. The Labute approximate surface area is 112 Å². The third kappa shape index (κ3) is 3.63. The molecule has 4 N–H and O–H groups in total. The van der Waals surface area contributed by atoms with Crippen molar-refractivity contribution in [1.29, 1.82) is 0 Å². The minimum atomic E-state index is -0.157. The molecule has 1 fully saturated rings. The number of anilines is 1. The lowest BCUT2D eigenvalue weighted by atomic mass is 10.2. The molecule has 0 spiro atoms. The van der Waals surface area contributed by atoms with Crippen LogP contribution in [-0.2, 0) is 11.2 Å². The number of ether oxygens (including phenoxy) is 1. The minimum Gasteiger partial charge on any atom is -0.379 e. The Morgan fingerprint density at radius 2 is 2.21 bits per heavy atom. The van der Waals surface area contributed by atoms with Gasteiger partial charge < -0.3 is 10.2 Å². The van der Waals surface area contributed by atoms with Gasteiger partial charge in [0, 0.05) is 24.3 Å². The van der Waals surface area contributed by atoms with Gasteiger partial charge in [-0.05, 0) is 18.6 Å². The Morgan fingerprint density at radius 1 is 1.47 bits per heavy atom. The van der Waals surface area contributed by atoms with E-state index in [4.69, 9.17) is 10.6 Å². The van der Waals surface area contributed by atoms with Crippen LogP contribution in [0, 0.1) is 0 Å². The molecular weight excluding hydrogens is 246 g/mol. The van der Waals surface area contributed by atoms with E-state index in [-0.39, 0.29) is 5.91 Å². The monoisotopic (exact) mass is 265 g/mol. The Hall–Kier alpha value is -1.70. The summed E-state index contributed by atoms with van der Waals surface area (Å²) in [6, 6.07) is 3.41. The fourth-order valence-electron chi connectivity index (χ4n) is 1.86. The molecule has 0 unspecified atom stereocenters. The van der Waals surface area contributed by atoms with Crippen LogP contribution in [0.1, 0.15) is 23.0 Å². The third-order valence-corrected chi connectivity index (χ3v) is 2.92. The normalized spacial score (nSPS) is 16.1. The highest BCUT2D eigenvalue weighted by molar-refractivity contribution is 5.94. The molecule has 19 heavy (non-hydrogen) atoms. The van der Waals surface area contributed by atoms with Crippen molar-refractivity contribution >= 4 is 11.7 Å². The summed E-state index contributed by atoms with van der Waals surface area (Å²) in [6.45, 7) is 4.63. The highest BCUT2D eigenvalue weighted by Crippen LogP contribution is 2.10. The first-order valence-electron chi connectivity index (χ1n) is 6.34. The third-order valence-electron chi connectivity index (χ3n) is 2.92. The van der Waals surface area contributed by atoms with Gasteiger partial charge in [0.25, 0.3) is 5.91 Å². The van der Waals surface area contributed by atoms with Gasteiger partial charge in [-0.2, -0.15) is 0 Å². The molecule has 7 heteroatoms. The van der Waals surface area contributed by atoms with Crippen molar-refractivity contribution in [3.05, 3.63) is 23.4 Å². The van der Waals surface area contributed by atoms with Gasteiger partial charge in [0.05, 0.1) is 13.2 Å². The van der Waals surface area contributed by atoms with Crippen molar-refractivity contribution < 1.29 is 9.53 Å². The van der Waals surface area contributed by atoms with Crippen molar-refractivity contribution in [2.75, 3.05) is 31.7 Å². The van der Waals surface area contributed by atoms with Crippen molar-refractivity contribution in [3.8, 4) is 0 Å². The lowest BCUT2D eigenvalue weighted by Crippen LogP contribution is -2.48. The largest absolute Gasteiger partial charge is 0.379 e. The lowest BCUT2D eigenvalue weighted by Gasteiger charge is -2.27. The molecular formula is C12H19N5O2. The standard InChI is InChI=1S/C12H19N5O2/c1-2-10-7-9(8-11(14-10)15-13)12(18)16-17-3-5-19-6-4-17/h7-8H,2-6,13H2,1H3,(H,14,15)(H,16,18). The maximum absolute atomic E-state index is 12.2. The number of carbonyl (C=O) groups excluding carboxylic acids is 1. The quantitative estimate of drug-likeness (QED) is 0.520. The number of nitrogen functional groups attached to an aromatic ring is 1. The maximum Gasteiger partial charge on any atom is 0.265 e. The van der Waals surface area contributed by atoms with Gasteiger partial charge >= 0.3 is 0 Å². The van der Waals surface area contributed by atoms with Crippen LogP contribution in [0.4, 0.5) is 5.82 Å². The molecule has 104 valence electrons. The van der Waals surface area contributed by atoms with Crippen molar-refractivity contribution in [3.63, 3.8) is 0 Å². The van der Waals surface area contributed by atoms with Crippen LogP contribution in [0.25, 0.3) is 0 Å². The van der Waals surface area contributed by atoms with E-state index < -0.39 is 0 Å². The summed E-state index contributed by atoms with van der Waals surface area (Å²) < 4.78 is 5.23. The lowest BCUT2D eigenvalue weighted by molar-refractivity contribution is 0.0126. The fraction of sp³-hybridized carbons (Fsp3) is 0.500. The summed E-state index contributed by atoms with van der Waals surface area (Å²) >= 11 is 0. The van der Waals surface area contributed by atoms with Gasteiger partial charge in [0.1, 0.15) is 5.82 Å². The second-order valence-corrected chi connectivity index (χ2v) is 4.27. The second kappa shape index (κ2) is 6.46. The molecule has 2 heterocycles. The summed E-state index contributed by atoms with van der Waals surface area (Å²) in [7, 11) is 0. The molecule has 7 nitrogen and oxygen atoms in total. The zero-order valence-corrected chi connectivity index (χ0v) is 11.0. The Balaban J connectivity index is 2.08. The summed E-state index contributed by atoms with van der Waals surface area (Å²) in [4.78, 5) is 16.4. The zero-order valence-electron chi connectivity index (χ0n) is 11.0. The van der Waals surface area contributed by atoms with Crippen LogP contribution in [0.3, 0.4) is 0 Å². The number of hydrogen-bond donors (Lipinski definition) is 3. The molecule has 1 saturated heterocycles. The number of aryl methyl sites for hydroxylation is 1. The van der Waals surface area contributed by atoms with E-state index in [2.05, 4.69) is 15.8 Å². The number of pyridine rings is 1. The minimum absolute atomic E-state index is 0.157. The summed E-state index contributed by atoms with van der Waals surface area (Å²) in [5.41, 5.74) is 6.70. The Morgan fingerprint density at radius 3 is 2.84 bits per heavy atom. The van der Waals surface area contributed by atoms with E-state index in [1.165, 1.54) is 0 Å². The number of carbonyl (C=O) groups is 1. The zero-order chi connectivity index (χ0) is 13.7. The summed E-state index contributed by atoms with van der Waals surface area (Å²) in [5.74, 6) is 5.69. The van der Waals surface area contributed by atoms with E-state index >= 15 is 0 Å². The molecule has 0 aliphatic carbocycles. The average Bonchev–Trinajstić information content (AvgIpc) is 2.47. The van der Waals surface area contributed by atoms with Crippen LogP contribution < -0.4 is 16.7 Å². The van der Waals surface area contributed by atoms with Gasteiger partial charge in [0.15, 0.2) is 0 Å². The number of nitrogens with zero attached hydrogens (tertiary/aromatic N) is 2. The highest BCUT2D eigenvalue weighted by Gasteiger charge is 2.15. The van der Waals surface area contributed by atoms with E-state index in [1.807, 2.05) is 11.9 Å². The van der Waals surface area contributed by atoms with Gasteiger partial charge in [-0.3, -0.25) is 10.2 Å². The summed E-state index contributed by atoms with van der Waals surface area (Å²) in [5, 5.41) is 1.85. The average molecular weight is 265 g/mol. The van der Waals surface area contributed by atoms with Crippen molar-refractivity contribution in [2.24, 2.45) is 5.84 Å². The Kier molecular flexibility index (Phi) is 4.67. The first-order chi connectivity index (χ1) is 9.22. The number of rotatable bonds is 4. The number of nitrogens with two attached hydrogens (primary N) is 1. The van der Waals surface area contributed by atoms with Gasteiger partial charge in [-0.1, -0.05) is 6.92 Å². The van der Waals surface area contributed by atoms with Crippen LogP contribution in [-0.4, -0.2) is 42.2 Å². The predicted octanol–water partition coefficient (Wildman–Crippen LogP) is -0.0934. The molecule has 1 amide bonds. The molecule has 2 rings (SSSR count). The van der Waals surface area contributed by atoms with Crippen LogP contribution >= 0.6 is 0 Å². The molecule has 0 aromatic carbocycles. The predicted molar refractivity (Wildman–Crippen MR) is 71.3 cm³/mol. The molecule has 0 atom stereocenters. The number of amides is 1. The van der Waals surface area contributed by atoms with Gasteiger partial charge in [-0.15, -0.1) is 0 Å². The van der Waals surface area contributed by atoms with E-state index in [9.17, 15) is 4.79 Å². The van der Waals surface area contributed by atoms with Crippen LogP contribution in [0.2, 0.25) is 0 Å². The molecule has 0 radical (unpaired) electrons. The van der Waals surface area contributed by atoms with E-state index in [0.717, 1.165) is 12.1 Å². The summed E-state index contributed by atoms with van der Waals surface area (Å²) in [6.07, 6.45) is 0.743. The molecule has 1 aromatic heterocycles. The van der Waals surface area contributed by atoms with E-state index in [0.29, 0.717) is 37.7 Å². The van der Waals surface area contributed by atoms with E-state index in [1.54, 1.807) is 12.1 Å². The number of aromatic nitrogens is 1. The first-order valence-corrected chi connectivity index (χ1v) is 6.34. The second-order valence-electron chi connectivity index (χ2n) is 4.27. The molecule has 0 bridgehead atoms. The number of hydrogen-bond acceptors (Lipinski definition) is 6. The first kappa shape index (κ1) is 13.7. The van der Waals surface area contributed by atoms with Gasteiger partial charge in [0.2, 0.25) is 0 Å². The maximum atomic E-state index is 12.2. The smallest absolute Gasteiger partial charge is 0.265 e. The highest BCUT2D eigenvalue weighted by atomic mass is 16.5. The SMILES string of the molecule is CCc1cc(C(=O)NN2CCOCC2)cc(NN)n1. The molecule has 1 aliphatic rings. The number of morpholine rings is 1. The van der Waals surface area contributed by atoms with Crippen LogP contribution in [0.5, 0.6) is 0 Å². The van der Waals surface area contributed by atoms with Crippen molar-refractivity contribution in [2.45, 2.75) is 13.3 Å². The molecule has 1 aromatic rings. The van der Waals surface area contributed by atoms with Crippen LogP contribution in [0.15, 0.2) is 12.1 Å². The molecule has 1 aliphatic heterocycles. The van der Waals surface area contributed by atoms with Gasteiger partial charge in [-0.25, -0.2) is 15.8 Å². The topological polar surface area (TPSA) is 92.5 Å². The van der Waals surface area contributed by atoms with Crippen molar-refractivity contribution in [1.82, 2.24) is 15.4 Å². The number of hydrazine groups is 2. The number of nitrogens with one attached hydrogen (secondary N) is 2. The fourth-order valence-corrected chi connectivity index (χ4v) is 1.86. The molecule has 0 saturated carbocycles.